The lowest BCUT2D eigenvalue weighted by Crippen LogP contribution is -2.65. The highest BCUT2D eigenvalue weighted by atomic mass is 16.2. The molecule has 1 N–H and O–H groups in total. The zero-order valence-electron chi connectivity index (χ0n) is 17.0. The Kier molecular flexibility index (Phi) is 5.17. The number of para-hydroxylation sites is 1. The number of aromatic nitrogens is 1. The standard InChI is InChI=1S/C23H31N3O2/c1-3-4-14-26-21(27)20-15-17-10-8-9-13-19(17)25(20)16-23(26,2)22(28)24-18-11-6-5-7-12-18/h8-10,13,15,18H,3-7,11-12,14,16H2,1-2H3,(H,24,28)/t23-/m1/s1. The Bertz CT molecular complexity index is 881. The van der Waals surface area contributed by atoms with Gasteiger partial charge in [-0.1, -0.05) is 50.8 Å². The van der Waals surface area contributed by atoms with E-state index < -0.39 is 5.54 Å². The summed E-state index contributed by atoms with van der Waals surface area (Å²) in [5.41, 5.74) is 0.858. The molecule has 0 unspecified atom stereocenters. The molecule has 0 spiro atoms. The van der Waals surface area contributed by atoms with Crippen LogP contribution in [0.3, 0.4) is 0 Å². The first kappa shape index (κ1) is 19.0. The molecule has 0 saturated heterocycles. The van der Waals surface area contributed by atoms with E-state index in [1.165, 1.54) is 19.3 Å². The maximum atomic E-state index is 13.5. The van der Waals surface area contributed by atoms with Crippen LogP contribution in [0.15, 0.2) is 30.3 Å². The lowest BCUT2D eigenvalue weighted by molar-refractivity contribution is -0.133. The SMILES string of the molecule is CCCCN1C(=O)c2cc3ccccc3n2C[C@]1(C)C(=O)NC1CCCCC1. The Morgan fingerprint density at radius 3 is 2.71 bits per heavy atom. The van der Waals surface area contributed by atoms with E-state index in [0.29, 0.717) is 18.8 Å². The summed E-state index contributed by atoms with van der Waals surface area (Å²) in [4.78, 5) is 28.7. The van der Waals surface area contributed by atoms with Gasteiger partial charge in [-0.15, -0.1) is 0 Å². The van der Waals surface area contributed by atoms with E-state index in [1.54, 1.807) is 0 Å². The summed E-state index contributed by atoms with van der Waals surface area (Å²) in [7, 11) is 0. The molecule has 1 aromatic carbocycles. The van der Waals surface area contributed by atoms with Crippen molar-refractivity contribution in [3.8, 4) is 0 Å². The third-order valence-corrected chi connectivity index (χ3v) is 6.50. The minimum atomic E-state index is -0.863. The number of benzene rings is 1. The molecule has 1 saturated carbocycles. The molecule has 1 aliphatic carbocycles. The van der Waals surface area contributed by atoms with Crippen LogP contribution in [0.25, 0.3) is 10.9 Å². The minimum absolute atomic E-state index is 0.00714. The molecule has 5 nitrogen and oxygen atoms in total. The van der Waals surface area contributed by atoms with Crippen molar-refractivity contribution in [2.75, 3.05) is 6.54 Å². The van der Waals surface area contributed by atoms with E-state index in [-0.39, 0.29) is 17.9 Å². The molecule has 0 radical (unpaired) electrons. The molecule has 5 heteroatoms. The second-order valence-corrected chi connectivity index (χ2v) is 8.57. The Balaban J connectivity index is 1.70. The Morgan fingerprint density at radius 1 is 1.21 bits per heavy atom. The van der Waals surface area contributed by atoms with Crippen molar-refractivity contribution in [3.63, 3.8) is 0 Å². The zero-order chi connectivity index (χ0) is 19.7. The van der Waals surface area contributed by atoms with Crippen molar-refractivity contribution in [3.05, 3.63) is 36.0 Å². The number of amides is 2. The van der Waals surface area contributed by atoms with Crippen LogP contribution < -0.4 is 5.32 Å². The molecule has 1 fully saturated rings. The number of fused-ring (bicyclic) bond motifs is 3. The van der Waals surface area contributed by atoms with Crippen molar-refractivity contribution < 1.29 is 9.59 Å². The lowest BCUT2D eigenvalue weighted by Gasteiger charge is -2.45. The predicted molar refractivity (Wildman–Crippen MR) is 111 cm³/mol. The van der Waals surface area contributed by atoms with Gasteiger partial charge in [0.05, 0.1) is 6.54 Å². The first-order valence-corrected chi connectivity index (χ1v) is 10.8. The van der Waals surface area contributed by atoms with Crippen LogP contribution in [0.5, 0.6) is 0 Å². The van der Waals surface area contributed by atoms with Gasteiger partial charge in [0, 0.05) is 23.5 Å². The smallest absolute Gasteiger partial charge is 0.271 e. The highest BCUT2D eigenvalue weighted by Crippen LogP contribution is 2.33. The second-order valence-electron chi connectivity index (χ2n) is 8.57. The molecule has 1 aliphatic heterocycles. The molecular weight excluding hydrogens is 350 g/mol. The lowest BCUT2D eigenvalue weighted by atomic mass is 9.91. The first-order valence-electron chi connectivity index (χ1n) is 10.8. The predicted octanol–water partition coefficient (Wildman–Crippen LogP) is 4.10. The van der Waals surface area contributed by atoms with Crippen molar-refractivity contribution in [2.45, 2.75) is 76.9 Å². The van der Waals surface area contributed by atoms with E-state index >= 15 is 0 Å². The van der Waals surface area contributed by atoms with E-state index in [2.05, 4.69) is 12.2 Å². The normalized spacial score (nSPS) is 23.1. The molecule has 1 atom stereocenters. The van der Waals surface area contributed by atoms with Gasteiger partial charge in [-0.3, -0.25) is 9.59 Å². The third kappa shape index (κ3) is 3.21. The number of carbonyl (C=O) groups is 2. The van der Waals surface area contributed by atoms with Crippen LogP contribution in [0.2, 0.25) is 0 Å². The fourth-order valence-electron chi connectivity index (χ4n) is 4.76. The van der Waals surface area contributed by atoms with Gasteiger partial charge in [0.2, 0.25) is 5.91 Å². The summed E-state index contributed by atoms with van der Waals surface area (Å²) in [6.45, 7) is 5.18. The summed E-state index contributed by atoms with van der Waals surface area (Å²) in [6, 6.07) is 10.3. The topological polar surface area (TPSA) is 54.3 Å². The molecule has 2 amide bonds. The number of nitrogens with one attached hydrogen (secondary N) is 1. The number of rotatable bonds is 5. The number of nitrogens with zero attached hydrogens (tertiary/aromatic N) is 2. The largest absolute Gasteiger partial charge is 0.351 e. The fourth-order valence-corrected chi connectivity index (χ4v) is 4.76. The molecular formula is C23H31N3O2. The summed E-state index contributed by atoms with van der Waals surface area (Å²) in [5.74, 6) is -0.0375. The number of unbranched alkanes of at least 4 members (excludes halogenated alkanes) is 1. The van der Waals surface area contributed by atoms with E-state index in [9.17, 15) is 9.59 Å². The number of hydrogen-bond donors (Lipinski definition) is 1. The van der Waals surface area contributed by atoms with Gasteiger partial charge in [0.15, 0.2) is 0 Å². The quantitative estimate of drug-likeness (QED) is 0.848. The van der Waals surface area contributed by atoms with Gasteiger partial charge in [-0.25, -0.2) is 0 Å². The Morgan fingerprint density at radius 2 is 1.96 bits per heavy atom. The van der Waals surface area contributed by atoms with E-state index in [4.69, 9.17) is 0 Å². The molecule has 0 bridgehead atoms. The molecule has 2 aromatic rings. The Labute approximate surface area is 167 Å². The molecule has 28 heavy (non-hydrogen) atoms. The van der Waals surface area contributed by atoms with Gasteiger partial charge in [-0.2, -0.15) is 0 Å². The third-order valence-electron chi connectivity index (χ3n) is 6.50. The number of hydrogen-bond acceptors (Lipinski definition) is 2. The monoisotopic (exact) mass is 381 g/mol. The maximum absolute atomic E-state index is 13.5. The van der Waals surface area contributed by atoms with Gasteiger partial charge in [0.25, 0.3) is 5.91 Å². The van der Waals surface area contributed by atoms with Crippen LogP contribution in [0, 0.1) is 0 Å². The van der Waals surface area contributed by atoms with Crippen molar-refractivity contribution in [1.82, 2.24) is 14.8 Å². The molecule has 1 aromatic heterocycles. The molecule has 150 valence electrons. The Hall–Kier alpha value is -2.30. The van der Waals surface area contributed by atoms with E-state index in [1.807, 2.05) is 46.7 Å². The van der Waals surface area contributed by atoms with Gasteiger partial charge >= 0.3 is 0 Å². The molecule has 4 rings (SSSR count). The fraction of sp³-hybridized carbons (Fsp3) is 0.565. The summed E-state index contributed by atoms with van der Waals surface area (Å²) in [5, 5.41) is 4.33. The average Bonchev–Trinajstić information content (AvgIpc) is 3.07. The second kappa shape index (κ2) is 7.61. The maximum Gasteiger partial charge on any atom is 0.271 e. The summed E-state index contributed by atoms with van der Waals surface area (Å²) in [6.07, 6.45) is 7.58. The molecule has 2 heterocycles. The van der Waals surface area contributed by atoms with Crippen molar-refractivity contribution in [1.29, 1.82) is 0 Å². The van der Waals surface area contributed by atoms with Crippen LogP contribution in [0.1, 0.15) is 69.3 Å². The highest BCUT2D eigenvalue weighted by Gasteiger charge is 2.47. The average molecular weight is 382 g/mol. The van der Waals surface area contributed by atoms with Crippen molar-refractivity contribution >= 4 is 22.7 Å². The minimum Gasteiger partial charge on any atom is -0.351 e. The number of carbonyl (C=O) groups excluding carboxylic acids is 2. The summed E-state index contributed by atoms with van der Waals surface area (Å²) >= 11 is 0. The highest BCUT2D eigenvalue weighted by molar-refractivity contribution is 6.03. The van der Waals surface area contributed by atoms with Crippen LogP contribution in [0.4, 0.5) is 0 Å². The van der Waals surface area contributed by atoms with Gasteiger partial charge < -0.3 is 14.8 Å². The zero-order valence-corrected chi connectivity index (χ0v) is 17.0. The van der Waals surface area contributed by atoms with Gasteiger partial charge in [-0.05, 0) is 38.3 Å². The van der Waals surface area contributed by atoms with Crippen LogP contribution in [-0.2, 0) is 11.3 Å². The summed E-state index contributed by atoms with van der Waals surface area (Å²) < 4.78 is 2.04. The molecule has 2 aliphatic rings. The van der Waals surface area contributed by atoms with Gasteiger partial charge in [0.1, 0.15) is 11.2 Å². The van der Waals surface area contributed by atoms with Crippen LogP contribution >= 0.6 is 0 Å². The van der Waals surface area contributed by atoms with Crippen LogP contribution in [-0.4, -0.2) is 39.4 Å². The first-order chi connectivity index (χ1) is 13.5. The van der Waals surface area contributed by atoms with E-state index in [0.717, 1.165) is 36.6 Å². The van der Waals surface area contributed by atoms with Crippen molar-refractivity contribution in [2.24, 2.45) is 0 Å².